The molecule has 0 unspecified atom stereocenters. The molecule has 5 nitrogen and oxygen atoms in total. The molecular formula is C15H22N2O3. The minimum Gasteiger partial charge on any atom is -0.394 e. The Morgan fingerprint density at radius 3 is 2.80 bits per heavy atom. The Hall–Kier alpha value is -1.59. The Morgan fingerprint density at radius 1 is 1.45 bits per heavy atom. The summed E-state index contributed by atoms with van der Waals surface area (Å²) in [6.07, 6.45) is 1.98. The van der Waals surface area contributed by atoms with E-state index < -0.39 is 6.04 Å². The van der Waals surface area contributed by atoms with Gasteiger partial charge in [0, 0.05) is 13.2 Å². The summed E-state index contributed by atoms with van der Waals surface area (Å²) in [7, 11) is 0. The number of carbonyl (C=O) groups excluding carboxylic acids is 1. The maximum atomic E-state index is 11.9. The lowest BCUT2D eigenvalue weighted by atomic mass is 10.0. The molecule has 2 rings (SSSR count). The minimum atomic E-state index is -0.395. The zero-order valence-corrected chi connectivity index (χ0v) is 11.8. The Labute approximate surface area is 119 Å². The van der Waals surface area contributed by atoms with E-state index in [0.717, 1.165) is 25.0 Å². The molecule has 2 atom stereocenters. The number of aliphatic hydroxyl groups is 1. The molecule has 2 amide bonds. The van der Waals surface area contributed by atoms with E-state index in [2.05, 4.69) is 10.6 Å². The number of benzene rings is 1. The highest BCUT2D eigenvalue weighted by atomic mass is 16.5. The summed E-state index contributed by atoms with van der Waals surface area (Å²) in [6.45, 7) is 3.10. The fourth-order valence-corrected chi connectivity index (χ4v) is 2.37. The van der Waals surface area contributed by atoms with Crippen LogP contribution >= 0.6 is 0 Å². The third-order valence-corrected chi connectivity index (χ3v) is 3.61. The molecular weight excluding hydrogens is 256 g/mol. The van der Waals surface area contributed by atoms with Crippen LogP contribution in [0.25, 0.3) is 0 Å². The molecule has 0 spiro atoms. The van der Waals surface area contributed by atoms with Gasteiger partial charge in [-0.15, -0.1) is 0 Å². The predicted molar refractivity (Wildman–Crippen MR) is 76.4 cm³/mol. The maximum absolute atomic E-state index is 11.9. The molecule has 3 N–H and O–H groups in total. The SMILES string of the molecule is C[C@@]1(CNC(=O)N[C@H](CO)c2ccccc2)CCCO1. The van der Waals surface area contributed by atoms with E-state index in [1.165, 1.54) is 0 Å². The summed E-state index contributed by atoms with van der Waals surface area (Å²) in [5.74, 6) is 0. The van der Waals surface area contributed by atoms with Crippen LogP contribution in [0.4, 0.5) is 4.79 Å². The van der Waals surface area contributed by atoms with Crippen LogP contribution in [0.5, 0.6) is 0 Å². The van der Waals surface area contributed by atoms with Gasteiger partial charge in [-0.2, -0.15) is 0 Å². The van der Waals surface area contributed by atoms with Crippen LogP contribution < -0.4 is 10.6 Å². The van der Waals surface area contributed by atoms with E-state index in [0.29, 0.717) is 6.54 Å². The fourth-order valence-electron chi connectivity index (χ4n) is 2.37. The number of hydrogen-bond donors (Lipinski definition) is 3. The van der Waals surface area contributed by atoms with Crippen LogP contribution in [0.1, 0.15) is 31.4 Å². The average Bonchev–Trinajstić information content (AvgIpc) is 2.91. The molecule has 0 bridgehead atoms. The number of nitrogens with one attached hydrogen (secondary N) is 2. The molecule has 5 heteroatoms. The van der Waals surface area contributed by atoms with Crippen molar-refractivity contribution in [2.45, 2.75) is 31.4 Å². The molecule has 1 aromatic rings. The van der Waals surface area contributed by atoms with E-state index in [1.54, 1.807) is 0 Å². The van der Waals surface area contributed by atoms with Crippen molar-refractivity contribution in [1.82, 2.24) is 10.6 Å². The molecule has 0 aliphatic carbocycles. The first-order valence-electron chi connectivity index (χ1n) is 6.97. The molecule has 1 saturated heterocycles. The highest BCUT2D eigenvalue weighted by molar-refractivity contribution is 5.74. The first kappa shape index (κ1) is 14.8. The first-order chi connectivity index (χ1) is 9.63. The van der Waals surface area contributed by atoms with Gasteiger partial charge >= 0.3 is 6.03 Å². The highest BCUT2D eigenvalue weighted by Gasteiger charge is 2.30. The quantitative estimate of drug-likeness (QED) is 0.766. The minimum absolute atomic E-state index is 0.134. The van der Waals surface area contributed by atoms with E-state index >= 15 is 0 Å². The van der Waals surface area contributed by atoms with E-state index in [9.17, 15) is 9.90 Å². The number of aliphatic hydroxyl groups excluding tert-OH is 1. The summed E-state index contributed by atoms with van der Waals surface area (Å²) in [5, 5.41) is 15.0. The van der Waals surface area contributed by atoms with Gasteiger partial charge in [0.05, 0.1) is 18.2 Å². The number of ether oxygens (including phenoxy) is 1. The zero-order valence-electron chi connectivity index (χ0n) is 11.8. The van der Waals surface area contributed by atoms with Crippen molar-refractivity contribution < 1.29 is 14.6 Å². The number of hydrogen-bond acceptors (Lipinski definition) is 3. The van der Waals surface area contributed by atoms with Gasteiger partial charge in [0.25, 0.3) is 0 Å². The van der Waals surface area contributed by atoms with Gasteiger partial charge in [-0.25, -0.2) is 4.79 Å². The van der Waals surface area contributed by atoms with Gasteiger partial charge in [-0.3, -0.25) is 0 Å². The highest BCUT2D eigenvalue weighted by Crippen LogP contribution is 2.23. The molecule has 1 aliphatic rings. The molecule has 0 radical (unpaired) electrons. The van der Waals surface area contributed by atoms with Gasteiger partial charge in [-0.05, 0) is 25.3 Å². The van der Waals surface area contributed by atoms with E-state index in [-0.39, 0.29) is 18.2 Å². The summed E-state index contributed by atoms with van der Waals surface area (Å²) in [4.78, 5) is 11.9. The van der Waals surface area contributed by atoms with Crippen LogP contribution in [0.15, 0.2) is 30.3 Å². The Balaban J connectivity index is 1.83. The number of rotatable bonds is 5. The lowest BCUT2D eigenvalue weighted by molar-refractivity contribution is 0.0228. The van der Waals surface area contributed by atoms with Crippen LogP contribution in [0, 0.1) is 0 Å². The van der Waals surface area contributed by atoms with Gasteiger partial charge in [0.15, 0.2) is 0 Å². The topological polar surface area (TPSA) is 70.6 Å². The second kappa shape index (κ2) is 6.72. The van der Waals surface area contributed by atoms with Crippen molar-refractivity contribution in [3.8, 4) is 0 Å². The smallest absolute Gasteiger partial charge is 0.315 e. The number of carbonyl (C=O) groups is 1. The van der Waals surface area contributed by atoms with Crippen LogP contribution in [-0.2, 0) is 4.74 Å². The molecule has 1 aromatic carbocycles. The van der Waals surface area contributed by atoms with Crippen molar-refractivity contribution in [2.24, 2.45) is 0 Å². The third kappa shape index (κ3) is 3.95. The second-order valence-corrected chi connectivity index (χ2v) is 5.37. The van der Waals surface area contributed by atoms with E-state index in [4.69, 9.17) is 4.74 Å². The van der Waals surface area contributed by atoms with Gasteiger partial charge in [-0.1, -0.05) is 30.3 Å². The summed E-state index contributed by atoms with van der Waals surface area (Å²) in [5.41, 5.74) is 0.618. The molecule has 110 valence electrons. The standard InChI is InChI=1S/C15H22N2O3/c1-15(8-5-9-20-15)11-16-14(19)17-13(10-18)12-6-3-2-4-7-12/h2-4,6-7,13,18H,5,8-11H2,1H3,(H2,16,17,19)/t13-,15+/m1/s1. The molecule has 0 aromatic heterocycles. The normalized spacial score (nSPS) is 23.3. The van der Waals surface area contributed by atoms with E-state index in [1.807, 2.05) is 37.3 Å². The Morgan fingerprint density at radius 2 is 2.20 bits per heavy atom. The number of amides is 2. The van der Waals surface area contributed by atoms with Crippen molar-refractivity contribution in [2.75, 3.05) is 19.8 Å². The Bertz CT molecular complexity index is 430. The largest absolute Gasteiger partial charge is 0.394 e. The monoisotopic (exact) mass is 278 g/mol. The van der Waals surface area contributed by atoms with Gasteiger partial charge in [0.1, 0.15) is 0 Å². The summed E-state index contributed by atoms with van der Waals surface area (Å²) < 4.78 is 5.61. The zero-order chi connectivity index (χ0) is 14.4. The van der Waals surface area contributed by atoms with Gasteiger partial charge in [0.2, 0.25) is 0 Å². The van der Waals surface area contributed by atoms with Crippen molar-refractivity contribution in [3.63, 3.8) is 0 Å². The molecule has 1 heterocycles. The van der Waals surface area contributed by atoms with Crippen molar-refractivity contribution in [3.05, 3.63) is 35.9 Å². The lowest BCUT2D eigenvalue weighted by Crippen LogP contribution is -2.46. The lowest BCUT2D eigenvalue weighted by Gasteiger charge is -2.24. The van der Waals surface area contributed by atoms with Gasteiger partial charge < -0.3 is 20.5 Å². The van der Waals surface area contributed by atoms with Crippen molar-refractivity contribution >= 4 is 6.03 Å². The Kier molecular flexibility index (Phi) is 4.98. The summed E-state index contributed by atoms with van der Waals surface area (Å²) in [6, 6.07) is 8.73. The maximum Gasteiger partial charge on any atom is 0.315 e. The average molecular weight is 278 g/mol. The van der Waals surface area contributed by atoms with Crippen LogP contribution in [0.3, 0.4) is 0 Å². The molecule has 0 saturated carbocycles. The molecule has 1 fully saturated rings. The summed E-state index contributed by atoms with van der Waals surface area (Å²) >= 11 is 0. The molecule has 20 heavy (non-hydrogen) atoms. The molecule has 1 aliphatic heterocycles. The number of urea groups is 1. The first-order valence-corrected chi connectivity index (χ1v) is 6.97. The van der Waals surface area contributed by atoms with Crippen LogP contribution in [0.2, 0.25) is 0 Å². The fraction of sp³-hybridized carbons (Fsp3) is 0.533. The van der Waals surface area contributed by atoms with Crippen LogP contribution in [-0.4, -0.2) is 36.5 Å². The second-order valence-electron chi connectivity index (χ2n) is 5.37. The third-order valence-electron chi connectivity index (χ3n) is 3.61. The predicted octanol–water partition coefficient (Wildman–Crippen LogP) is 1.59. The van der Waals surface area contributed by atoms with Crippen molar-refractivity contribution in [1.29, 1.82) is 0 Å².